The first kappa shape index (κ1) is 16.5. The Morgan fingerprint density at radius 2 is 2.24 bits per heavy atom. The van der Waals surface area contributed by atoms with E-state index in [1.54, 1.807) is 12.4 Å². The van der Waals surface area contributed by atoms with Crippen LogP contribution in [0.15, 0.2) is 35.1 Å². The summed E-state index contributed by atoms with van der Waals surface area (Å²) in [5.41, 5.74) is 1.35. The summed E-state index contributed by atoms with van der Waals surface area (Å²) in [6.45, 7) is 6.45. The first-order chi connectivity index (χ1) is 12.2. The van der Waals surface area contributed by atoms with Gasteiger partial charge in [0.05, 0.1) is 24.6 Å². The molecule has 1 atom stereocenters. The SMILES string of the molecule is Cc1cc(CN2CCC3(CC2)CO[C@H](COc2cccnc2)C3)no1. The predicted molar refractivity (Wildman–Crippen MR) is 92.3 cm³/mol. The zero-order valence-electron chi connectivity index (χ0n) is 14.7. The summed E-state index contributed by atoms with van der Waals surface area (Å²) in [4.78, 5) is 6.53. The standard InChI is InChI=1S/C19H25N3O3/c1-15-9-16(21-25-15)12-22-7-4-19(5-8-22)10-18(24-14-19)13-23-17-3-2-6-20-11-17/h2-3,6,9,11,18H,4-5,7-8,10,12-14H2,1H3/t18-/m0/s1. The van der Waals surface area contributed by atoms with Crippen LogP contribution in [0.1, 0.15) is 30.7 Å². The van der Waals surface area contributed by atoms with E-state index in [1.165, 1.54) is 12.8 Å². The lowest BCUT2D eigenvalue weighted by molar-refractivity contribution is 0.0467. The van der Waals surface area contributed by atoms with Crippen molar-refractivity contribution in [2.75, 3.05) is 26.3 Å². The van der Waals surface area contributed by atoms with E-state index in [0.717, 1.165) is 49.9 Å². The van der Waals surface area contributed by atoms with Crippen LogP contribution >= 0.6 is 0 Å². The van der Waals surface area contributed by atoms with Crippen molar-refractivity contribution in [3.05, 3.63) is 42.0 Å². The maximum atomic E-state index is 6.03. The third kappa shape index (κ3) is 4.02. The molecule has 6 heteroatoms. The van der Waals surface area contributed by atoms with Gasteiger partial charge in [0.1, 0.15) is 18.1 Å². The Labute approximate surface area is 148 Å². The van der Waals surface area contributed by atoms with Gasteiger partial charge >= 0.3 is 0 Å². The number of piperidine rings is 1. The molecule has 2 fully saturated rings. The fraction of sp³-hybridized carbons (Fsp3) is 0.579. The van der Waals surface area contributed by atoms with Crippen molar-refractivity contribution in [2.45, 2.75) is 38.8 Å². The molecule has 2 aliphatic rings. The number of aromatic nitrogens is 2. The highest BCUT2D eigenvalue weighted by Gasteiger charge is 2.42. The molecule has 0 aliphatic carbocycles. The number of nitrogens with zero attached hydrogens (tertiary/aromatic N) is 3. The second-order valence-electron chi connectivity index (χ2n) is 7.34. The van der Waals surface area contributed by atoms with Crippen LogP contribution in [0.5, 0.6) is 5.75 Å². The first-order valence-corrected chi connectivity index (χ1v) is 9.00. The number of hydrogen-bond donors (Lipinski definition) is 0. The number of aryl methyl sites for hydroxylation is 1. The van der Waals surface area contributed by atoms with Gasteiger partial charge < -0.3 is 14.0 Å². The Hall–Kier alpha value is -1.92. The number of rotatable bonds is 5. The lowest BCUT2D eigenvalue weighted by Crippen LogP contribution is -2.40. The van der Waals surface area contributed by atoms with Crippen LogP contribution in [0.3, 0.4) is 0 Å². The maximum Gasteiger partial charge on any atom is 0.137 e. The van der Waals surface area contributed by atoms with Crippen molar-refractivity contribution in [1.29, 1.82) is 0 Å². The van der Waals surface area contributed by atoms with Gasteiger partial charge in [-0.05, 0) is 56.8 Å². The minimum atomic E-state index is 0.185. The summed E-state index contributed by atoms with van der Waals surface area (Å²) in [6.07, 6.45) is 7.12. The summed E-state index contributed by atoms with van der Waals surface area (Å²) >= 11 is 0. The summed E-state index contributed by atoms with van der Waals surface area (Å²) in [6, 6.07) is 5.84. The smallest absolute Gasteiger partial charge is 0.137 e. The lowest BCUT2D eigenvalue weighted by Gasteiger charge is -2.38. The number of likely N-dealkylation sites (tertiary alicyclic amines) is 1. The Kier molecular flexibility index (Phi) is 4.72. The predicted octanol–water partition coefficient (Wildman–Crippen LogP) is 2.83. The molecule has 0 bridgehead atoms. The molecule has 0 unspecified atom stereocenters. The van der Waals surface area contributed by atoms with Gasteiger partial charge in [0, 0.05) is 18.8 Å². The Morgan fingerprint density at radius 1 is 1.36 bits per heavy atom. The number of pyridine rings is 1. The minimum absolute atomic E-state index is 0.185. The molecule has 2 aromatic heterocycles. The molecule has 0 aromatic carbocycles. The van der Waals surface area contributed by atoms with E-state index in [-0.39, 0.29) is 6.10 Å². The first-order valence-electron chi connectivity index (χ1n) is 9.00. The summed E-state index contributed by atoms with van der Waals surface area (Å²) in [7, 11) is 0. The normalized spacial score (nSPS) is 23.2. The molecule has 134 valence electrons. The van der Waals surface area contributed by atoms with E-state index >= 15 is 0 Å². The van der Waals surface area contributed by atoms with Gasteiger partial charge in [-0.25, -0.2) is 0 Å². The van der Waals surface area contributed by atoms with Crippen molar-refractivity contribution in [3.63, 3.8) is 0 Å². The third-order valence-corrected chi connectivity index (χ3v) is 5.34. The Balaban J connectivity index is 1.24. The average Bonchev–Trinajstić information content (AvgIpc) is 3.23. The molecular weight excluding hydrogens is 318 g/mol. The molecule has 2 saturated heterocycles. The topological polar surface area (TPSA) is 60.6 Å². The van der Waals surface area contributed by atoms with Crippen LogP contribution in [0.4, 0.5) is 0 Å². The quantitative estimate of drug-likeness (QED) is 0.832. The molecule has 0 saturated carbocycles. The summed E-state index contributed by atoms with van der Waals surface area (Å²) < 4.78 is 17.0. The van der Waals surface area contributed by atoms with Crippen LogP contribution < -0.4 is 4.74 Å². The van der Waals surface area contributed by atoms with E-state index in [4.69, 9.17) is 14.0 Å². The van der Waals surface area contributed by atoms with E-state index in [2.05, 4.69) is 15.0 Å². The molecule has 1 spiro atoms. The van der Waals surface area contributed by atoms with E-state index < -0.39 is 0 Å². The molecule has 4 heterocycles. The number of ether oxygens (including phenoxy) is 2. The molecule has 2 aliphatic heterocycles. The van der Waals surface area contributed by atoms with Gasteiger partial charge in [-0.15, -0.1) is 0 Å². The zero-order chi connectivity index (χ0) is 17.1. The molecule has 2 aromatic rings. The highest BCUT2D eigenvalue weighted by Crippen LogP contribution is 2.42. The minimum Gasteiger partial charge on any atom is -0.489 e. The van der Waals surface area contributed by atoms with Crippen molar-refractivity contribution in [1.82, 2.24) is 15.0 Å². The van der Waals surface area contributed by atoms with Crippen molar-refractivity contribution in [2.24, 2.45) is 5.41 Å². The molecule has 25 heavy (non-hydrogen) atoms. The summed E-state index contributed by atoms with van der Waals surface area (Å²) in [5.74, 6) is 1.69. The largest absolute Gasteiger partial charge is 0.489 e. The lowest BCUT2D eigenvalue weighted by atomic mass is 9.76. The molecule has 4 rings (SSSR count). The highest BCUT2D eigenvalue weighted by atomic mass is 16.5. The van der Waals surface area contributed by atoms with Crippen molar-refractivity contribution in [3.8, 4) is 5.75 Å². The van der Waals surface area contributed by atoms with Gasteiger partial charge in [0.25, 0.3) is 0 Å². The van der Waals surface area contributed by atoms with Crippen LogP contribution in [-0.2, 0) is 11.3 Å². The molecule has 0 N–H and O–H groups in total. The van der Waals surface area contributed by atoms with Gasteiger partial charge in [0.15, 0.2) is 0 Å². The van der Waals surface area contributed by atoms with Gasteiger partial charge in [0.2, 0.25) is 0 Å². The van der Waals surface area contributed by atoms with Crippen molar-refractivity contribution < 1.29 is 14.0 Å². The Bertz CT molecular complexity index is 680. The second-order valence-corrected chi connectivity index (χ2v) is 7.34. The van der Waals surface area contributed by atoms with E-state index in [0.29, 0.717) is 12.0 Å². The van der Waals surface area contributed by atoms with Crippen molar-refractivity contribution >= 4 is 0 Å². The fourth-order valence-electron chi connectivity index (χ4n) is 3.88. The zero-order valence-corrected chi connectivity index (χ0v) is 14.7. The fourth-order valence-corrected chi connectivity index (χ4v) is 3.88. The van der Waals surface area contributed by atoms with Crippen LogP contribution in [0, 0.1) is 12.3 Å². The van der Waals surface area contributed by atoms with Crippen LogP contribution in [-0.4, -0.2) is 47.4 Å². The van der Waals surface area contributed by atoms with E-state index in [9.17, 15) is 0 Å². The summed E-state index contributed by atoms with van der Waals surface area (Å²) in [5, 5.41) is 4.10. The second kappa shape index (κ2) is 7.14. The third-order valence-electron chi connectivity index (χ3n) is 5.34. The average molecular weight is 343 g/mol. The molecule has 6 nitrogen and oxygen atoms in total. The molecule has 0 amide bonds. The monoisotopic (exact) mass is 343 g/mol. The number of hydrogen-bond acceptors (Lipinski definition) is 6. The Morgan fingerprint density at radius 3 is 2.96 bits per heavy atom. The van der Waals surface area contributed by atoms with Gasteiger partial charge in [-0.1, -0.05) is 5.16 Å². The van der Waals surface area contributed by atoms with Crippen LogP contribution in [0.2, 0.25) is 0 Å². The molecular formula is C19H25N3O3. The molecule has 0 radical (unpaired) electrons. The van der Waals surface area contributed by atoms with Gasteiger partial charge in [-0.3, -0.25) is 9.88 Å². The van der Waals surface area contributed by atoms with Crippen LogP contribution in [0.25, 0.3) is 0 Å². The van der Waals surface area contributed by atoms with Gasteiger partial charge in [-0.2, -0.15) is 0 Å². The highest BCUT2D eigenvalue weighted by molar-refractivity contribution is 5.15. The maximum absolute atomic E-state index is 6.03. The van der Waals surface area contributed by atoms with E-state index in [1.807, 2.05) is 25.1 Å².